The molecule has 5 nitrogen and oxygen atoms in total. The maximum atomic E-state index is 12.5. The highest BCUT2D eigenvalue weighted by molar-refractivity contribution is 6.33. The van der Waals surface area contributed by atoms with Crippen LogP contribution < -0.4 is 11.1 Å². The first-order valence-corrected chi connectivity index (χ1v) is 9.00. The number of nitrogens with two attached hydrogens (primary N) is 1. The minimum absolute atomic E-state index is 0.131. The third-order valence-electron chi connectivity index (χ3n) is 5.12. The minimum Gasteiger partial charge on any atom is -0.397 e. The standard InChI is InChI=1S/C19H24ClN3O2/c1-19(2,25)13-3-5-14(6-4-13)23-18(24)12-7-11-8-15(20)16(21)9-17(11)22-10-12/h7-10,13-14,25H,3-6,21H2,1-2H3,(H,23,24). The Kier molecular flexibility index (Phi) is 4.89. The fourth-order valence-electron chi connectivity index (χ4n) is 3.50. The van der Waals surface area contributed by atoms with Crippen LogP contribution in [0.2, 0.25) is 5.02 Å². The van der Waals surface area contributed by atoms with Crippen molar-refractivity contribution in [2.24, 2.45) is 5.92 Å². The summed E-state index contributed by atoms with van der Waals surface area (Å²) >= 11 is 6.05. The first kappa shape index (κ1) is 18.0. The van der Waals surface area contributed by atoms with Crippen molar-refractivity contribution in [3.05, 3.63) is 35.0 Å². The number of rotatable bonds is 3. The average Bonchev–Trinajstić information content (AvgIpc) is 2.55. The summed E-state index contributed by atoms with van der Waals surface area (Å²) in [7, 11) is 0. The molecule has 0 atom stereocenters. The summed E-state index contributed by atoms with van der Waals surface area (Å²) in [6.45, 7) is 3.71. The fraction of sp³-hybridized carbons (Fsp3) is 0.474. The topological polar surface area (TPSA) is 88.2 Å². The number of fused-ring (bicyclic) bond motifs is 1. The van der Waals surface area contributed by atoms with Crippen LogP contribution >= 0.6 is 11.6 Å². The number of nitrogens with zero attached hydrogens (tertiary/aromatic N) is 1. The summed E-state index contributed by atoms with van der Waals surface area (Å²) in [5.41, 5.74) is 6.82. The quantitative estimate of drug-likeness (QED) is 0.730. The molecule has 1 aliphatic rings. The molecule has 25 heavy (non-hydrogen) atoms. The SMILES string of the molecule is CC(C)(O)C1CCC(NC(=O)c2cnc3cc(N)c(Cl)cc3c2)CC1. The van der Waals surface area contributed by atoms with Crippen LogP contribution in [0, 0.1) is 5.92 Å². The van der Waals surface area contributed by atoms with Crippen molar-refractivity contribution in [1.82, 2.24) is 10.3 Å². The Morgan fingerprint density at radius 2 is 1.96 bits per heavy atom. The van der Waals surface area contributed by atoms with Crippen molar-refractivity contribution < 1.29 is 9.90 Å². The number of anilines is 1. The summed E-state index contributed by atoms with van der Waals surface area (Å²) in [6.07, 6.45) is 5.15. The first-order chi connectivity index (χ1) is 11.7. The van der Waals surface area contributed by atoms with Gasteiger partial charge in [0.15, 0.2) is 0 Å². The molecular weight excluding hydrogens is 338 g/mol. The van der Waals surface area contributed by atoms with Gasteiger partial charge in [-0.3, -0.25) is 9.78 Å². The Bertz CT molecular complexity index is 793. The molecule has 1 aromatic heterocycles. The molecule has 1 aromatic carbocycles. The van der Waals surface area contributed by atoms with Gasteiger partial charge in [-0.2, -0.15) is 0 Å². The highest BCUT2D eigenvalue weighted by atomic mass is 35.5. The lowest BCUT2D eigenvalue weighted by molar-refractivity contribution is -0.00257. The molecule has 0 radical (unpaired) electrons. The second-order valence-corrected chi connectivity index (χ2v) is 7.87. The number of pyridine rings is 1. The van der Waals surface area contributed by atoms with E-state index < -0.39 is 5.60 Å². The van der Waals surface area contributed by atoms with Gasteiger partial charge in [0.1, 0.15) is 0 Å². The van der Waals surface area contributed by atoms with E-state index in [4.69, 9.17) is 17.3 Å². The number of carbonyl (C=O) groups is 1. The van der Waals surface area contributed by atoms with Gasteiger partial charge in [0.05, 0.1) is 27.4 Å². The van der Waals surface area contributed by atoms with Crippen molar-refractivity contribution in [2.75, 3.05) is 5.73 Å². The normalized spacial score (nSPS) is 21.3. The van der Waals surface area contributed by atoms with Crippen molar-refractivity contribution in [3.63, 3.8) is 0 Å². The van der Waals surface area contributed by atoms with Crippen LogP contribution in [-0.2, 0) is 0 Å². The lowest BCUT2D eigenvalue weighted by Crippen LogP contribution is -2.41. The lowest BCUT2D eigenvalue weighted by atomic mass is 9.77. The largest absolute Gasteiger partial charge is 0.397 e. The smallest absolute Gasteiger partial charge is 0.253 e. The number of hydrogen-bond acceptors (Lipinski definition) is 4. The van der Waals surface area contributed by atoms with Gasteiger partial charge in [0.2, 0.25) is 0 Å². The molecule has 1 aliphatic carbocycles. The van der Waals surface area contributed by atoms with E-state index >= 15 is 0 Å². The van der Waals surface area contributed by atoms with Gasteiger partial charge in [-0.25, -0.2) is 0 Å². The van der Waals surface area contributed by atoms with E-state index in [9.17, 15) is 9.90 Å². The molecule has 6 heteroatoms. The summed E-state index contributed by atoms with van der Waals surface area (Å²) in [6, 6.07) is 5.35. The van der Waals surface area contributed by atoms with Crippen LogP contribution in [0.4, 0.5) is 5.69 Å². The second-order valence-electron chi connectivity index (χ2n) is 7.47. The van der Waals surface area contributed by atoms with Gasteiger partial charge in [-0.15, -0.1) is 0 Å². The number of aliphatic hydroxyl groups is 1. The Morgan fingerprint density at radius 3 is 2.60 bits per heavy atom. The number of nitrogens with one attached hydrogen (secondary N) is 1. The molecule has 1 saturated carbocycles. The van der Waals surface area contributed by atoms with Gasteiger partial charge in [-0.1, -0.05) is 11.6 Å². The zero-order valence-electron chi connectivity index (χ0n) is 14.6. The molecule has 1 amide bonds. The van der Waals surface area contributed by atoms with Crippen LogP contribution in [0.1, 0.15) is 49.9 Å². The molecule has 0 spiro atoms. The number of benzene rings is 1. The Balaban J connectivity index is 1.68. The number of aromatic nitrogens is 1. The zero-order valence-corrected chi connectivity index (χ0v) is 15.3. The highest BCUT2D eigenvalue weighted by Gasteiger charge is 2.31. The molecule has 4 N–H and O–H groups in total. The minimum atomic E-state index is -0.654. The van der Waals surface area contributed by atoms with Gasteiger partial charge in [0.25, 0.3) is 5.91 Å². The van der Waals surface area contributed by atoms with Crippen molar-refractivity contribution >= 4 is 34.1 Å². The Morgan fingerprint density at radius 1 is 1.28 bits per heavy atom. The first-order valence-electron chi connectivity index (χ1n) is 8.62. The summed E-state index contributed by atoms with van der Waals surface area (Å²) in [4.78, 5) is 16.8. The third kappa shape index (κ3) is 4.05. The van der Waals surface area contributed by atoms with E-state index in [2.05, 4.69) is 10.3 Å². The lowest BCUT2D eigenvalue weighted by Gasteiger charge is -2.36. The van der Waals surface area contributed by atoms with E-state index in [1.807, 2.05) is 13.8 Å². The molecule has 0 aliphatic heterocycles. The summed E-state index contributed by atoms with van der Waals surface area (Å²) in [5.74, 6) is 0.157. The van der Waals surface area contributed by atoms with Gasteiger partial charge < -0.3 is 16.2 Å². The van der Waals surface area contributed by atoms with Crippen LogP contribution in [0.5, 0.6) is 0 Å². The zero-order chi connectivity index (χ0) is 18.2. The number of hydrogen-bond donors (Lipinski definition) is 3. The molecular formula is C19H24ClN3O2. The number of carbonyl (C=O) groups excluding carboxylic acids is 1. The van der Waals surface area contributed by atoms with Gasteiger partial charge in [-0.05, 0) is 63.6 Å². The summed E-state index contributed by atoms with van der Waals surface area (Å²) < 4.78 is 0. The van der Waals surface area contributed by atoms with E-state index in [1.54, 1.807) is 24.4 Å². The van der Waals surface area contributed by atoms with E-state index in [1.165, 1.54) is 0 Å². The number of nitrogen functional groups attached to an aromatic ring is 1. The number of amides is 1. The Labute approximate surface area is 152 Å². The molecule has 1 fully saturated rings. The van der Waals surface area contributed by atoms with Crippen LogP contribution in [0.15, 0.2) is 24.4 Å². The van der Waals surface area contributed by atoms with E-state index in [0.717, 1.165) is 31.1 Å². The second kappa shape index (κ2) is 6.81. The molecule has 134 valence electrons. The van der Waals surface area contributed by atoms with Crippen molar-refractivity contribution in [3.8, 4) is 0 Å². The summed E-state index contributed by atoms with van der Waals surface area (Å²) in [5, 5.41) is 14.4. The number of halogens is 1. The molecule has 0 saturated heterocycles. The predicted molar refractivity (Wildman–Crippen MR) is 101 cm³/mol. The van der Waals surface area contributed by atoms with Crippen LogP contribution in [0.3, 0.4) is 0 Å². The molecule has 0 unspecified atom stereocenters. The highest BCUT2D eigenvalue weighted by Crippen LogP contribution is 2.32. The fourth-order valence-corrected chi connectivity index (χ4v) is 3.67. The van der Waals surface area contributed by atoms with E-state index in [0.29, 0.717) is 21.8 Å². The van der Waals surface area contributed by atoms with E-state index in [-0.39, 0.29) is 17.9 Å². The van der Waals surface area contributed by atoms with Crippen LogP contribution in [0.25, 0.3) is 10.9 Å². The maximum absolute atomic E-state index is 12.5. The van der Waals surface area contributed by atoms with Crippen molar-refractivity contribution in [2.45, 2.75) is 51.2 Å². The van der Waals surface area contributed by atoms with Gasteiger partial charge in [0, 0.05) is 17.6 Å². The van der Waals surface area contributed by atoms with Crippen LogP contribution in [-0.4, -0.2) is 27.6 Å². The average molecular weight is 362 g/mol. The molecule has 2 aromatic rings. The maximum Gasteiger partial charge on any atom is 0.253 e. The monoisotopic (exact) mass is 361 g/mol. The molecule has 1 heterocycles. The predicted octanol–water partition coefficient (Wildman–Crippen LogP) is 3.53. The molecule has 0 bridgehead atoms. The van der Waals surface area contributed by atoms with Crippen molar-refractivity contribution in [1.29, 1.82) is 0 Å². The van der Waals surface area contributed by atoms with Gasteiger partial charge >= 0.3 is 0 Å². The third-order valence-corrected chi connectivity index (χ3v) is 5.45. The molecule has 3 rings (SSSR count). The Hall–Kier alpha value is -1.85.